The van der Waals surface area contributed by atoms with Crippen LogP contribution < -0.4 is 14.7 Å². The minimum atomic E-state index is -4.27. The van der Waals surface area contributed by atoms with Gasteiger partial charge in [-0.15, -0.1) is 0 Å². The Balaban J connectivity index is 2.30. The Morgan fingerprint density at radius 2 is 1.72 bits per heavy atom. The normalized spacial score (nSPS) is 11.2. The first-order valence-corrected chi connectivity index (χ1v) is 9.15. The third kappa shape index (κ3) is 4.27. The molecule has 0 atom stereocenters. The van der Waals surface area contributed by atoms with Gasteiger partial charge in [0.15, 0.2) is 0 Å². The highest BCUT2D eigenvalue weighted by molar-refractivity contribution is 7.92. The van der Waals surface area contributed by atoms with E-state index in [1.165, 1.54) is 0 Å². The number of aromatic carboxylic acids is 1. The first-order chi connectivity index (χ1) is 11.8. The summed E-state index contributed by atoms with van der Waals surface area (Å²) in [5, 5.41) is 10.9. The van der Waals surface area contributed by atoms with Crippen LogP contribution in [0.2, 0.25) is 0 Å². The number of sulfonamides is 1. The first kappa shape index (κ1) is 18.7. The molecule has 0 aliphatic carbocycles. The lowest BCUT2D eigenvalue weighted by Gasteiger charge is -2.21. The molecule has 0 aromatic heterocycles. The van der Waals surface area contributed by atoms with Crippen molar-refractivity contribution in [2.24, 2.45) is 0 Å². The van der Waals surface area contributed by atoms with Crippen LogP contribution in [0.5, 0.6) is 0 Å². The summed E-state index contributed by atoms with van der Waals surface area (Å²) in [7, 11) is -4.27. The number of halogens is 1. The molecule has 0 radical (unpaired) electrons. The van der Waals surface area contributed by atoms with Gasteiger partial charge in [0.1, 0.15) is 10.7 Å². The van der Waals surface area contributed by atoms with Crippen molar-refractivity contribution in [3.8, 4) is 0 Å². The molecule has 0 spiro atoms. The van der Waals surface area contributed by atoms with Gasteiger partial charge >= 0.3 is 0 Å². The van der Waals surface area contributed by atoms with Gasteiger partial charge in [0.25, 0.3) is 10.0 Å². The van der Waals surface area contributed by atoms with Gasteiger partial charge in [-0.05, 0) is 55.8 Å². The largest absolute Gasteiger partial charge is 0.545 e. The van der Waals surface area contributed by atoms with Gasteiger partial charge in [-0.3, -0.25) is 4.72 Å². The van der Waals surface area contributed by atoms with Crippen LogP contribution in [0.3, 0.4) is 0 Å². The topological polar surface area (TPSA) is 89.5 Å². The molecule has 0 unspecified atom stereocenters. The molecule has 2 aromatic carbocycles. The number of rotatable bonds is 7. The van der Waals surface area contributed by atoms with Crippen molar-refractivity contribution >= 4 is 27.4 Å². The molecule has 0 bridgehead atoms. The van der Waals surface area contributed by atoms with Crippen molar-refractivity contribution in [3.05, 3.63) is 53.8 Å². The van der Waals surface area contributed by atoms with Crippen LogP contribution in [0.4, 0.5) is 15.8 Å². The second kappa shape index (κ2) is 7.52. The number of anilines is 2. The Kier molecular flexibility index (Phi) is 5.63. The second-order valence-corrected chi connectivity index (χ2v) is 6.91. The van der Waals surface area contributed by atoms with Crippen molar-refractivity contribution in [2.75, 3.05) is 22.7 Å². The summed E-state index contributed by atoms with van der Waals surface area (Å²) in [5.41, 5.74) is 0.755. The van der Waals surface area contributed by atoms with Crippen molar-refractivity contribution < 1.29 is 22.7 Å². The minimum Gasteiger partial charge on any atom is -0.545 e. The summed E-state index contributed by atoms with van der Waals surface area (Å²) in [6.07, 6.45) is 0. The number of nitrogens with zero attached hydrogens (tertiary/aromatic N) is 1. The summed E-state index contributed by atoms with van der Waals surface area (Å²) < 4.78 is 40.8. The van der Waals surface area contributed by atoms with E-state index < -0.39 is 32.3 Å². The number of carboxylic acid groups (broad SMARTS) is 1. The van der Waals surface area contributed by atoms with Crippen molar-refractivity contribution in [1.82, 2.24) is 0 Å². The molecule has 134 valence electrons. The third-order valence-electron chi connectivity index (χ3n) is 3.70. The average Bonchev–Trinajstić information content (AvgIpc) is 2.57. The van der Waals surface area contributed by atoms with E-state index in [1.54, 1.807) is 24.3 Å². The van der Waals surface area contributed by atoms with E-state index in [2.05, 4.69) is 9.62 Å². The third-order valence-corrected chi connectivity index (χ3v) is 5.10. The molecule has 0 saturated carbocycles. The summed E-state index contributed by atoms with van der Waals surface area (Å²) >= 11 is 0. The molecule has 0 heterocycles. The number of benzene rings is 2. The average molecular weight is 365 g/mol. The molecule has 8 heteroatoms. The standard InChI is InChI=1S/C17H19FN2O4S/c1-3-20(4-2)14-8-6-13(7-9-14)19-25(23,24)16-11-12(17(21)22)5-10-15(16)18/h5-11,19H,3-4H2,1-2H3,(H,21,22)/p-1. The molecule has 0 aliphatic rings. The fourth-order valence-corrected chi connectivity index (χ4v) is 3.54. The van der Waals surface area contributed by atoms with E-state index in [1.807, 2.05) is 13.8 Å². The molecular formula is C17H18FN2O4S-. The zero-order chi connectivity index (χ0) is 18.6. The molecule has 0 amide bonds. The van der Waals surface area contributed by atoms with E-state index in [9.17, 15) is 22.7 Å². The molecule has 25 heavy (non-hydrogen) atoms. The number of nitrogens with one attached hydrogen (secondary N) is 1. The Hall–Kier alpha value is -2.61. The molecule has 2 aromatic rings. The number of hydrogen-bond donors (Lipinski definition) is 1. The quantitative estimate of drug-likeness (QED) is 0.809. The molecule has 0 saturated heterocycles. The highest BCUT2D eigenvalue weighted by atomic mass is 32.2. The summed E-state index contributed by atoms with van der Waals surface area (Å²) in [6.45, 7) is 5.63. The predicted octanol–water partition coefficient (Wildman–Crippen LogP) is 1.84. The maximum absolute atomic E-state index is 13.9. The second-order valence-electron chi connectivity index (χ2n) is 5.26. The Labute approximate surface area is 146 Å². The van der Waals surface area contributed by atoms with Gasteiger partial charge in [-0.2, -0.15) is 0 Å². The molecular weight excluding hydrogens is 347 g/mol. The van der Waals surface area contributed by atoms with E-state index >= 15 is 0 Å². The number of carboxylic acids is 1. The van der Waals surface area contributed by atoms with Crippen LogP contribution >= 0.6 is 0 Å². The predicted molar refractivity (Wildman–Crippen MR) is 91.5 cm³/mol. The number of carbonyl (C=O) groups excluding carboxylic acids is 1. The molecule has 0 fully saturated rings. The smallest absolute Gasteiger partial charge is 0.264 e. The van der Waals surface area contributed by atoms with Crippen LogP contribution in [0, 0.1) is 5.82 Å². The van der Waals surface area contributed by atoms with E-state index in [0.717, 1.165) is 37.0 Å². The highest BCUT2D eigenvalue weighted by Gasteiger charge is 2.20. The highest BCUT2D eigenvalue weighted by Crippen LogP contribution is 2.22. The monoisotopic (exact) mass is 365 g/mol. The maximum Gasteiger partial charge on any atom is 0.264 e. The van der Waals surface area contributed by atoms with Gasteiger partial charge in [0, 0.05) is 24.5 Å². The minimum absolute atomic E-state index is 0.245. The van der Waals surface area contributed by atoms with Crippen LogP contribution in [-0.2, 0) is 10.0 Å². The van der Waals surface area contributed by atoms with E-state index in [0.29, 0.717) is 0 Å². The summed E-state index contributed by atoms with van der Waals surface area (Å²) in [4.78, 5) is 12.2. The van der Waals surface area contributed by atoms with Gasteiger partial charge < -0.3 is 14.8 Å². The molecule has 1 N–H and O–H groups in total. The van der Waals surface area contributed by atoms with Gasteiger partial charge in [-0.1, -0.05) is 6.07 Å². The van der Waals surface area contributed by atoms with Crippen LogP contribution in [0.1, 0.15) is 24.2 Å². The lowest BCUT2D eigenvalue weighted by atomic mass is 10.2. The maximum atomic E-state index is 13.9. The van der Waals surface area contributed by atoms with Crippen molar-refractivity contribution in [3.63, 3.8) is 0 Å². The van der Waals surface area contributed by atoms with E-state index in [4.69, 9.17) is 0 Å². The summed E-state index contributed by atoms with van der Waals surface area (Å²) in [6, 6.07) is 9.08. The van der Waals surface area contributed by atoms with Crippen LogP contribution in [0.15, 0.2) is 47.4 Å². The zero-order valence-corrected chi connectivity index (χ0v) is 14.6. The lowest BCUT2D eigenvalue weighted by Crippen LogP contribution is -2.23. The number of carbonyl (C=O) groups is 1. The first-order valence-electron chi connectivity index (χ1n) is 7.67. The van der Waals surface area contributed by atoms with Gasteiger partial charge in [0.05, 0.1) is 5.97 Å². The fourth-order valence-electron chi connectivity index (χ4n) is 2.38. The molecule has 2 rings (SSSR count). The summed E-state index contributed by atoms with van der Waals surface area (Å²) in [5.74, 6) is -2.63. The Morgan fingerprint density at radius 1 is 1.12 bits per heavy atom. The lowest BCUT2D eigenvalue weighted by molar-refractivity contribution is -0.255. The SMILES string of the molecule is CCN(CC)c1ccc(NS(=O)(=O)c2cc(C(=O)[O-])ccc2F)cc1. The molecule has 0 aliphatic heterocycles. The van der Waals surface area contributed by atoms with Crippen molar-refractivity contribution in [1.29, 1.82) is 0 Å². The van der Waals surface area contributed by atoms with Gasteiger partial charge in [0.2, 0.25) is 0 Å². The number of hydrogen-bond acceptors (Lipinski definition) is 5. The van der Waals surface area contributed by atoms with Gasteiger partial charge in [-0.25, -0.2) is 12.8 Å². The molecule has 6 nitrogen and oxygen atoms in total. The van der Waals surface area contributed by atoms with Crippen molar-refractivity contribution in [2.45, 2.75) is 18.7 Å². The Morgan fingerprint density at radius 3 is 2.24 bits per heavy atom. The van der Waals surface area contributed by atoms with Crippen LogP contribution in [0.25, 0.3) is 0 Å². The fraction of sp³-hybridized carbons (Fsp3) is 0.235. The zero-order valence-electron chi connectivity index (χ0n) is 13.8. The Bertz CT molecular complexity index is 863. The van der Waals surface area contributed by atoms with Crippen LogP contribution in [-0.4, -0.2) is 27.5 Å². The van der Waals surface area contributed by atoms with E-state index in [-0.39, 0.29) is 5.69 Å².